The van der Waals surface area contributed by atoms with Gasteiger partial charge in [-0.3, -0.25) is 4.79 Å². The Morgan fingerprint density at radius 3 is 2.51 bits per heavy atom. The lowest BCUT2D eigenvalue weighted by molar-refractivity contribution is -0.128. The summed E-state index contributed by atoms with van der Waals surface area (Å²) in [4.78, 5) is 26.6. The van der Waals surface area contributed by atoms with E-state index in [1.165, 1.54) is 19.0 Å². The average Bonchev–Trinajstić information content (AvgIpc) is 3.13. The molecule has 1 aromatic heterocycles. The van der Waals surface area contributed by atoms with Crippen LogP contribution in [-0.2, 0) is 16.1 Å². The molecular formula is C27H36FN5O2. The first kappa shape index (κ1) is 24.1. The SMILES string of the molecule is COCc1ccc(-c2nc(N3CCC(C(=O)NC4(C)CCN5CCC4CC5)CC3)ncc2F)cc1. The monoisotopic (exact) mass is 481 g/mol. The number of piperidine rings is 2. The Kier molecular flexibility index (Phi) is 7.02. The third-order valence-corrected chi connectivity index (χ3v) is 8.26. The van der Waals surface area contributed by atoms with Gasteiger partial charge < -0.3 is 19.9 Å². The van der Waals surface area contributed by atoms with Crippen molar-refractivity contribution >= 4 is 11.9 Å². The number of ether oxygens (including phenoxy) is 1. The fraction of sp³-hybridized carbons (Fsp3) is 0.593. The number of carbonyl (C=O) groups excluding carboxylic acids is 1. The summed E-state index contributed by atoms with van der Waals surface area (Å²) < 4.78 is 19.7. The van der Waals surface area contributed by atoms with Crippen molar-refractivity contribution in [1.82, 2.24) is 20.2 Å². The number of hydrogen-bond acceptors (Lipinski definition) is 6. The summed E-state index contributed by atoms with van der Waals surface area (Å²) in [6, 6.07) is 7.56. The Balaban J connectivity index is 1.21. The van der Waals surface area contributed by atoms with Crippen molar-refractivity contribution in [2.75, 3.05) is 44.7 Å². The van der Waals surface area contributed by atoms with Gasteiger partial charge in [0.05, 0.1) is 12.8 Å². The van der Waals surface area contributed by atoms with Crippen molar-refractivity contribution in [3.05, 3.63) is 41.8 Å². The first-order chi connectivity index (χ1) is 16.9. The zero-order chi connectivity index (χ0) is 24.4. The maximum absolute atomic E-state index is 14.6. The lowest BCUT2D eigenvalue weighted by atomic mass is 9.78. The molecule has 1 aromatic carbocycles. The van der Waals surface area contributed by atoms with Crippen LogP contribution in [0.1, 0.15) is 44.6 Å². The molecule has 2 aromatic rings. The molecule has 4 aliphatic rings. The smallest absolute Gasteiger partial charge is 0.226 e. The molecule has 0 radical (unpaired) electrons. The van der Waals surface area contributed by atoms with Crippen LogP contribution in [0.25, 0.3) is 11.3 Å². The van der Waals surface area contributed by atoms with Crippen LogP contribution in [0.5, 0.6) is 0 Å². The molecule has 2 bridgehead atoms. The lowest BCUT2D eigenvalue weighted by Gasteiger charge is -2.39. The molecule has 1 atom stereocenters. The number of fused-ring (bicyclic) bond motifs is 4. The number of hydrogen-bond donors (Lipinski definition) is 1. The molecule has 7 nitrogen and oxygen atoms in total. The quantitative estimate of drug-likeness (QED) is 0.680. The average molecular weight is 482 g/mol. The van der Waals surface area contributed by atoms with Crippen LogP contribution in [0.3, 0.4) is 0 Å². The van der Waals surface area contributed by atoms with E-state index in [9.17, 15) is 9.18 Å². The van der Waals surface area contributed by atoms with E-state index in [1.54, 1.807) is 7.11 Å². The van der Waals surface area contributed by atoms with Crippen LogP contribution >= 0.6 is 0 Å². The molecular weight excluding hydrogens is 445 g/mol. The number of nitrogens with zero attached hydrogens (tertiary/aromatic N) is 4. The third-order valence-electron chi connectivity index (χ3n) is 8.26. The molecule has 6 rings (SSSR count). The summed E-state index contributed by atoms with van der Waals surface area (Å²) in [7, 11) is 1.65. The molecule has 0 aliphatic carbocycles. The zero-order valence-corrected chi connectivity index (χ0v) is 20.8. The summed E-state index contributed by atoms with van der Waals surface area (Å²) in [5.74, 6) is 0.828. The van der Waals surface area contributed by atoms with E-state index in [2.05, 4.69) is 32.0 Å². The minimum atomic E-state index is -0.440. The highest BCUT2D eigenvalue weighted by atomic mass is 19.1. The van der Waals surface area contributed by atoms with Crippen molar-refractivity contribution in [1.29, 1.82) is 0 Å². The fourth-order valence-electron chi connectivity index (χ4n) is 5.92. The molecule has 1 unspecified atom stereocenters. The summed E-state index contributed by atoms with van der Waals surface area (Å²) in [6.07, 6.45) is 6.13. The predicted molar refractivity (Wildman–Crippen MR) is 133 cm³/mol. The number of anilines is 1. The van der Waals surface area contributed by atoms with E-state index in [1.807, 2.05) is 24.3 Å². The van der Waals surface area contributed by atoms with Crippen molar-refractivity contribution in [3.8, 4) is 11.3 Å². The summed E-state index contributed by atoms with van der Waals surface area (Å²) >= 11 is 0. The van der Waals surface area contributed by atoms with Gasteiger partial charge in [-0.2, -0.15) is 0 Å². The van der Waals surface area contributed by atoms with Crippen LogP contribution in [-0.4, -0.2) is 66.1 Å². The van der Waals surface area contributed by atoms with E-state index < -0.39 is 5.82 Å². The molecule has 0 saturated carbocycles. The van der Waals surface area contributed by atoms with E-state index in [4.69, 9.17) is 4.74 Å². The Morgan fingerprint density at radius 1 is 1.11 bits per heavy atom. The van der Waals surface area contributed by atoms with Gasteiger partial charge in [-0.15, -0.1) is 0 Å². The van der Waals surface area contributed by atoms with Gasteiger partial charge in [0.25, 0.3) is 0 Å². The second kappa shape index (κ2) is 10.2. The molecule has 0 spiro atoms. The zero-order valence-electron chi connectivity index (χ0n) is 20.8. The number of aromatic nitrogens is 2. The van der Waals surface area contributed by atoms with Gasteiger partial charge in [-0.1, -0.05) is 24.3 Å². The number of benzene rings is 1. The molecule has 1 N–H and O–H groups in total. The highest BCUT2D eigenvalue weighted by molar-refractivity contribution is 5.79. The van der Waals surface area contributed by atoms with Gasteiger partial charge in [-0.25, -0.2) is 14.4 Å². The number of halogens is 1. The summed E-state index contributed by atoms with van der Waals surface area (Å²) in [5.41, 5.74) is 1.93. The van der Waals surface area contributed by atoms with Crippen LogP contribution in [0.4, 0.5) is 10.3 Å². The first-order valence-corrected chi connectivity index (χ1v) is 12.9. The van der Waals surface area contributed by atoms with Crippen molar-refractivity contribution in [3.63, 3.8) is 0 Å². The molecule has 5 heterocycles. The van der Waals surface area contributed by atoms with E-state index in [0.29, 0.717) is 42.8 Å². The molecule has 4 saturated heterocycles. The summed E-state index contributed by atoms with van der Waals surface area (Å²) in [5, 5.41) is 3.46. The number of methoxy groups -OCH3 is 1. The van der Waals surface area contributed by atoms with Gasteiger partial charge in [0, 0.05) is 43.8 Å². The standard InChI is InChI=1S/C27H36FN5O2/c1-27(11-16-32-12-9-22(27)10-13-32)31-25(34)21-7-14-33(15-8-21)26-29-17-23(28)24(30-26)20-5-3-19(4-6-20)18-35-2/h3-6,17,21-22H,7-16,18H2,1-2H3,(H,31,34). The van der Waals surface area contributed by atoms with E-state index in [-0.39, 0.29) is 17.4 Å². The third kappa shape index (κ3) is 5.19. The molecule has 8 heteroatoms. The minimum Gasteiger partial charge on any atom is -0.380 e. The first-order valence-electron chi connectivity index (χ1n) is 12.9. The van der Waals surface area contributed by atoms with Crippen LogP contribution in [0.2, 0.25) is 0 Å². The minimum absolute atomic E-state index is 0.00270. The number of rotatable bonds is 6. The van der Waals surface area contributed by atoms with E-state index in [0.717, 1.165) is 44.5 Å². The van der Waals surface area contributed by atoms with Gasteiger partial charge in [0.2, 0.25) is 11.9 Å². The van der Waals surface area contributed by atoms with Crippen LogP contribution in [0, 0.1) is 17.7 Å². The second-order valence-electron chi connectivity index (χ2n) is 10.5. The number of carbonyl (C=O) groups is 1. The van der Waals surface area contributed by atoms with Crippen LogP contribution < -0.4 is 10.2 Å². The number of amides is 1. The molecule has 1 amide bonds. The molecule has 35 heavy (non-hydrogen) atoms. The maximum atomic E-state index is 14.6. The largest absolute Gasteiger partial charge is 0.380 e. The fourth-order valence-corrected chi connectivity index (χ4v) is 5.92. The summed E-state index contributed by atoms with van der Waals surface area (Å²) in [6.45, 7) is 7.52. The topological polar surface area (TPSA) is 70.6 Å². The van der Waals surface area contributed by atoms with Gasteiger partial charge in [-0.05, 0) is 63.6 Å². The molecule has 188 valence electrons. The Bertz CT molecular complexity index is 1030. The van der Waals surface area contributed by atoms with E-state index >= 15 is 0 Å². The van der Waals surface area contributed by atoms with Gasteiger partial charge in [0.15, 0.2) is 5.82 Å². The second-order valence-corrected chi connectivity index (χ2v) is 10.5. The van der Waals surface area contributed by atoms with Gasteiger partial charge >= 0.3 is 0 Å². The predicted octanol–water partition coefficient (Wildman–Crippen LogP) is 3.64. The van der Waals surface area contributed by atoms with Crippen molar-refractivity contribution in [2.24, 2.45) is 11.8 Å². The Hall–Kier alpha value is -2.58. The van der Waals surface area contributed by atoms with Crippen molar-refractivity contribution in [2.45, 2.75) is 51.2 Å². The maximum Gasteiger partial charge on any atom is 0.226 e. The highest BCUT2D eigenvalue weighted by Crippen LogP contribution is 2.36. The Morgan fingerprint density at radius 2 is 1.83 bits per heavy atom. The van der Waals surface area contributed by atoms with Crippen molar-refractivity contribution < 1.29 is 13.9 Å². The molecule has 4 aliphatic heterocycles. The Labute approximate surface area is 207 Å². The molecule has 4 fully saturated rings. The lowest BCUT2D eigenvalue weighted by Crippen LogP contribution is -2.54. The van der Waals surface area contributed by atoms with Crippen LogP contribution in [0.15, 0.2) is 30.5 Å². The highest BCUT2D eigenvalue weighted by Gasteiger charge is 2.42. The normalized spacial score (nSPS) is 27.0. The number of nitrogens with one attached hydrogen (secondary N) is 1. The van der Waals surface area contributed by atoms with Gasteiger partial charge in [0.1, 0.15) is 5.69 Å².